The number of aromatic nitrogens is 1. The predicted molar refractivity (Wildman–Crippen MR) is 118 cm³/mol. The summed E-state index contributed by atoms with van der Waals surface area (Å²) in [4.78, 5) is 6.72. The maximum absolute atomic E-state index is 10.4. The van der Waals surface area contributed by atoms with E-state index in [0.29, 0.717) is 0 Å². The number of likely N-dealkylation sites (N-methyl/N-ethyl adjacent to an activating group) is 1. The molecule has 6 nitrogen and oxygen atoms in total. The van der Waals surface area contributed by atoms with Gasteiger partial charge in [0.1, 0.15) is 15.9 Å². The Kier molecular flexibility index (Phi) is 9.76. The molecule has 0 unspecified atom stereocenters. The lowest BCUT2D eigenvalue weighted by molar-refractivity contribution is -0.922. The van der Waals surface area contributed by atoms with Crippen LogP contribution in [0.2, 0.25) is 0 Å². The summed E-state index contributed by atoms with van der Waals surface area (Å²) >= 11 is 0. The van der Waals surface area contributed by atoms with Crippen molar-refractivity contribution in [3.05, 3.63) is 54.2 Å². The van der Waals surface area contributed by atoms with Gasteiger partial charge in [0.25, 0.3) is 0 Å². The Morgan fingerprint density at radius 3 is 2.21 bits per heavy atom. The Labute approximate surface area is 176 Å². The SMILES string of the molecule is C.CC[N+]1(CC)CCCN(c2ccccn2)CC1.Cc1ccc(S(=O)(=O)[O-])cc1. The molecular weight excluding hydrogens is 386 g/mol. The zero-order valence-corrected chi connectivity index (χ0v) is 17.9. The summed E-state index contributed by atoms with van der Waals surface area (Å²) in [5.74, 6) is 1.14. The van der Waals surface area contributed by atoms with Gasteiger partial charge in [-0.1, -0.05) is 31.2 Å². The van der Waals surface area contributed by atoms with Crippen LogP contribution in [0.15, 0.2) is 53.6 Å². The lowest BCUT2D eigenvalue weighted by Crippen LogP contribution is -2.50. The van der Waals surface area contributed by atoms with E-state index < -0.39 is 10.1 Å². The fourth-order valence-electron chi connectivity index (χ4n) is 3.48. The number of benzene rings is 1. The molecule has 7 heteroatoms. The Bertz CT molecular complexity index is 820. The third-order valence-electron chi connectivity index (χ3n) is 5.53. The van der Waals surface area contributed by atoms with E-state index in [4.69, 9.17) is 0 Å². The number of hydrogen-bond donors (Lipinski definition) is 0. The van der Waals surface area contributed by atoms with Gasteiger partial charge in [0.15, 0.2) is 0 Å². The molecule has 1 saturated heterocycles. The van der Waals surface area contributed by atoms with Crippen LogP contribution in [-0.2, 0) is 10.1 Å². The van der Waals surface area contributed by atoms with Gasteiger partial charge in [0.2, 0.25) is 0 Å². The second-order valence-electron chi connectivity index (χ2n) is 7.22. The summed E-state index contributed by atoms with van der Waals surface area (Å²) in [7, 11) is -4.27. The van der Waals surface area contributed by atoms with E-state index in [9.17, 15) is 13.0 Å². The summed E-state index contributed by atoms with van der Waals surface area (Å²) in [5.41, 5.74) is 0.928. The van der Waals surface area contributed by atoms with E-state index in [1.165, 1.54) is 49.2 Å². The van der Waals surface area contributed by atoms with Crippen molar-refractivity contribution in [1.82, 2.24) is 4.98 Å². The maximum atomic E-state index is 10.4. The summed E-state index contributed by atoms with van der Waals surface area (Å²) < 4.78 is 32.4. The molecular formula is C22H35N3O3S. The number of hydrogen-bond acceptors (Lipinski definition) is 5. The van der Waals surface area contributed by atoms with Gasteiger partial charge in [-0.05, 0) is 45.0 Å². The minimum absolute atomic E-state index is 0. The Hall–Kier alpha value is -1.96. The first-order valence-electron chi connectivity index (χ1n) is 9.83. The van der Waals surface area contributed by atoms with E-state index in [1.54, 1.807) is 12.1 Å². The van der Waals surface area contributed by atoms with Crippen LogP contribution in [0, 0.1) is 6.92 Å². The monoisotopic (exact) mass is 421 g/mol. The number of nitrogens with zero attached hydrogens (tertiary/aromatic N) is 3. The fraction of sp³-hybridized carbons (Fsp3) is 0.500. The molecule has 0 atom stereocenters. The largest absolute Gasteiger partial charge is 0.744 e. The Balaban J connectivity index is 0.000000306. The van der Waals surface area contributed by atoms with Gasteiger partial charge in [-0.15, -0.1) is 0 Å². The first-order valence-corrected chi connectivity index (χ1v) is 11.2. The predicted octanol–water partition coefficient (Wildman–Crippen LogP) is 3.68. The molecule has 1 fully saturated rings. The first-order chi connectivity index (χ1) is 13.3. The normalized spacial score (nSPS) is 16.1. The standard InChI is InChI=1S/C14H24N3.C7H8O3S.CH4/c1-3-17(4-2)12-7-10-16(11-13-17)14-8-5-6-9-15-14;1-6-2-4-7(5-3-6)11(8,9)10;/h5-6,8-9H,3-4,7,10-13H2,1-2H3;2-5H,1H3,(H,8,9,10);1H4/q+1;;/p-1. The van der Waals surface area contributed by atoms with E-state index in [-0.39, 0.29) is 12.3 Å². The average Bonchev–Trinajstić information content (AvgIpc) is 2.92. The third kappa shape index (κ3) is 7.42. The highest BCUT2D eigenvalue weighted by Crippen LogP contribution is 2.17. The maximum Gasteiger partial charge on any atom is 0.128 e. The molecule has 2 heterocycles. The smallest absolute Gasteiger partial charge is 0.128 e. The molecule has 0 bridgehead atoms. The van der Waals surface area contributed by atoms with Crippen molar-refractivity contribution in [3.8, 4) is 0 Å². The van der Waals surface area contributed by atoms with E-state index in [1.807, 2.05) is 19.2 Å². The number of quaternary nitrogens is 1. The molecule has 0 aliphatic carbocycles. The van der Waals surface area contributed by atoms with Crippen molar-refractivity contribution >= 4 is 15.9 Å². The van der Waals surface area contributed by atoms with Crippen molar-refractivity contribution in [2.75, 3.05) is 44.2 Å². The zero-order valence-electron chi connectivity index (χ0n) is 17.0. The Morgan fingerprint density at radius 1 is 1.03 bits per heavy atom. The van der Waals surface area contributed by atoms with Crippen LogP contribution in [0.1, 0.15) is 33.3 Å². The molecule has 0 N–H and O–H groups in total. The lowest BCUT2D eigenvalue weighted by atomic mass is 10.2. The van der Waals surface area contributed by atoms with E-state index >= 15 is 0 Å². The molecule has 0 radical (unpaired) electrons. The summed E-state index contributed by atoms with van der Waals surface area (Å²) in [6.45, 7) is 13.8. The fourth-order valence-corrected chi connectivity index (χ4v) is 3.95. The number of anilines is 1. The molecule has 0 saturated carbocycles. The van der Waals surface area contributed by atoms with Crippen LogP contribution >= 0.6 is 0 Å². The van der Waals surface area contributed by atoms with E-state index in [2.05, 4.69) is 35.9 Å². The summed E-state index contributed by atoms with van der Waals surface area (Å²) in [5, 5.41) is 0. The van der Waals surface area contributed by atoms with Crippen LogP contribution in [0.3, 0.4) is 0 Å². The number of pyridine rings is 1. The topological polar surface area (TPSA) is 73.3 Å². The van der Waals surface area contributed by atoms with Crippen LogP contribution in [0.5, 0.6) is 0 Å². The van der Waals surface area contributed by atoms with Gasteiger partial charge in [0.05, 0.1) is 37.6 Å². The molecule has 1 aliphatic rings. The molecule has 1 aromatic carbocycles. The summed E-state index contributed by atoms with van der Waals surface area (Å²) in [6, 6.07) is 12.0. The van der Waals surface area contributed by atoms with Crippen LogP contribution in [0.4, 0.5) is 5.82 Å². The molecule has 162 valence electrons. The van der Waals surface area contributed by atoms with Gasteiger partial charge < -0.3 is 13.9 Å². The highest BCUT2D eigenvalue weighted by atomic mass is 32.2. The zero-order chi connectivity index (χ0) is 20.6. The van der Waals surface area contributed by atoms with E-state index in [0.717, 1.165) is 24.5 Å². The highest BCUT2D eigenvalue weighted by molar-refractivity contribution is 7.85. The van der Waals surface area contributed by atoms with Crippen molar-refractivity contribution < 1.29 is 17.5 Å². The average molecular weight is 422 g/mol. The number of rotatable bonds is 4. The molecule has 3 rings (SSSR count). The minimum Gasteiger partial charge on any atom is -0.744 e. The van der Waals surface area contributed by atoms with Crippen molar-refractivity contribution in [3.63, 3.8) is 0 Å². The lowest BCUT2D eigenvalue weighted by Gasteiger charge is -2.35. The highest BCUT2D eigenvalue weighted by Gasteiger charge is 2.27. The second kappa shape index (κ2) is 11.3. The second-order valence-corrected chi connectivity index (χ2v) is 8.60. The Morgan fingerprint density at radius 2 is 1.69 bits per heavy atom. The third-order valence-corrected chi connectivity index (χ3v) is 6.38. The van der Waals surface area contributed by atoms with Crippen LogP contribution in [0.25, 0.3) is 0 Å². The quantitative estimate of drug-likeness (QED) is 0.556. The summed E-state index contributed by atoms with van der Waals surface area (Å²) in [6.07, 6.45) is 3.17. The van der Waals surface area contributed by atoms with Crippen molar-refractivity contribution in [2.24, 2.45) is 0 Å². The minimum atomic E-state index is -4.27. The van der Waals surface area contributed by atoms with Gasteiger partial charge in [0, 0.05) is 19.2 Å². The van der Waals surface area contributed by atoms with Gasteiger partial charge >= 0.3 is 0 Å². The molecule has 0 spiro atoms. The molecule has 0 amide bonds. The van der Waals surface area contributed by atoms with Crippen molar-refractivity contribution in [1.29, 1.82) is 0 Å². The molecule has 1 aliphatic heterocycles. The first kappa shape index (κ1) is 25.1. The van der Waals surface area contributed by atoms with Crippen LogP contribution in [-0.4, -0.2) is 61.7 Å². The van der Waals surface area contributed by atoms with Gasteiger partial charge in [-0.25, -0.2) is 13.4 Å². The number of aryl methyl sites for hydroxylation is 1. The molecule has 29 heavy (non-hydrogen) atoms. The van der Waals surface area contributed by atoms with Gasteiger partial charge in [-0.2, -0.15) is 0 Å². The molecule has 2 aromatic rings. The molecule has 1 aromatic heterocycles. The van der Waals surface area contributed by atoms with Crippen molar-refractivity contribution in [2.45, 2.75) is 39.5 Å². The van der Waals surface area contributed by atoms with Gasteiger partial charge in [-0.3, -0.25) is 0 Å². The van der Waals surface area contributed by atoms with Crippen LogP contribution < -0.4 is 4.90 Å².